The lowest BCUT2D eigenvalue weighted by Gasteiger charge is -2.46. The number of hydrogen-bond donors (Lipinski definition) is 0. The molecule has 2 aliphatic heterocycles. The number of benzene rings is 15. The van der Waals surface area contributed by atoms with Crippen molar-refractivity contribution in [3.63, 3.8) is 0 Å². The van der Waals surface area contributed by atoms with Gasteiger partial charge in [0.25, 0.3) is 6.71 Å². The van der Waals surface area contributed by atoms with Crippen molar-refractivity contribution < 1.29 is 11.0 Å². The summed E-state index contributed by atoms with van der Waals surface area (Å²) in [7, 11) is 0. The van der Waals surface area contributed by atoms with Crippen molar-refractivity contribution >= 4 is 123 Å². The van der Waals surface area contributed by atoms with Gasteiger partial charge in [-0.1, -0.05) is 281 Å². The maximum absolute atomic E-state index is 12.7. The van der Waals surface area contributed by atoms with Gasteiger partial charge in [-0.3, -0.25) is 0 Å². The molecular weight excluding hydrogens is 1330 g/mol. The smallest absolute Gasteiger partial charge is 0.252 e. The molecule has 0 saturated heterocycles. The van der Waals surface area contributed by atoms with Crippen LogP contribution in [0.25, 0.3) is 127 Å². The van der Waals surface area contributed by atoms with E-state index in [2.05, 4.69) is 342 Å². The fraction of sp³-hybridized carbons (Fsp3) is 0.117. The van der Waals surface area contributed by atoms with Gasteiger partial charge < -0.3 is 23.5 Å². The number of aromatic nitrogens is 3. The van der Waals surface area contributed by atoms with Crippen molar-refractivity contribution in [3.8, 4) is 67.6 Å². The molecule has 0 unspecified atom stereocenters. The summed E-state index contributed by atoms with van der Waals surface area (Å²) < 4.78 is 82.5. The number of para-hydroxylation sites is 4. The van der Waals surface area contributed by atoms with Crippen LogP contribution in [-0.4, -0.2) is 20.4 Å². The molecule has 20 rings (SSSR count). The van der Waals surface area contributed by atoms with Crippen LogP contribution in [0.5, 0.6) is 0 Å². The van der Waals surface area contributed by atoms with Crippen LogP contribution in [0.15, 0.2) is 327 Å². The minimum absolute atomic E-state index is 0.0132. The van der Waals surface area contributed by atoms with E-state index in [1.807, 2.05) is 24.3 Å². The van der Waals surface area contributed by atoms with Crippen LogP contribution in [0.2, 0.25) is 0 Å². The zero-order chi connectivity index (χ0) is 81.6. The number of anilines is 6. The third-order valence-electron chi connectivity index (χ3n) is 23.0. The molecule has 0 radical (unpaired) electrons. The van der Waals surface area contributed by atoms with Gasteiger partial charge in [0.2, 0.25) is 0 Å². The number of fused-ring (bicyclic) bond motifs is 13. The van der Waals surface area contributed by atoms with E-state index < -0.39 is 55.1 Å². The third kappa shape index (κ3) is 10.4. The summed E-state index contributed by atoms with van der Waals surface area (Å²) in [5, 5.41) is 17.0. The molecule has 0 aliphatic carbocycles. The molecule has 0 bridgehead atoms. The Morgan fingerprint density at radius 1 is 0.300 bits per heavy atom. The van der Waals surface area contributed by atoms with Gasteiger partial charge in [0, 0.05) is 77.6 Å². The Kier molecular flexibility index (Phi) is 13.2. The molecule has 0 spiro atoms. The SMILES string of the molecule is [2H]c1c([2H])c([2H])c2c(c1[2H])c1c([2H])c([2H])c([2H])c([2H])c1n2-c1ccc2c(c1)N(c1c(-c3ccccc3)cc(C(C)(C)C)cc1-c1ccccc1)c1cc(-c3ccccc3-c3ccccc3)cc3c1B2c1ccc(-n2c4ccc(C(C)(C)C)cc4c4cc(C(C)(C)C)ccc42)cc1N3c1cccc(-n2c3ccccc3c3ccccc32)c1C#N. The van der Waals surface area contributed by atoms with Crippen molar-refractivity contribution in [2.45, 2.75) is 78.6 Å². The Balaban J connectivity index is 0.988. The molecule has 7 heteroatoms. The maximum Gasteiger partial charge on any atom is 0.252 e. The van der Waals surface area contributed by atoms with Crippen LogP contribution in [0, 0.1) is 11.3 Å². The fourth-order valence-electron chi connectivity index (χ4n) is 17.6. The van der Waals surface area contributed by atoms with Crippen LogP contribution >= 0.6 is 0 Å². The minimum atomic E-state index is -0.612. The largest absolute Gasteiger partial charge is 0.310 e. The van der Waals surface area contributed by atoms with Crippen LogP contribution < -0.4 is 26.2 Å². The number of rotatable bonds is 9. The normalized spacial score (nSPS) is 13.9. The third-order valence-corrected chi connectivity index (χ3v) is 23.0. The van der Waals surface area contributed by atoms with Gasteiger partial charge in [-0.25, -0.2) is 0 Å². The Hall–Kier alpha value is -13.1. The van der Waals surface area contributed by atoms with Crippen molar-refractivity contribution in [3.05, 3.63) is 350 Å². The average Bonchev–Trinajstić information content (AvgIpc) is 1.03. The van der Waals surface area contributed by atoms with Gasteiger partial charge in [-0.2, -0.15) is 5.26 Å². The van der Waals surface area contributed by atoms with Gasteiger partial charge in [0.1, 0.15) is 11.6 Å². The van der Waals surface area contributed by atoms with Crippen molar-refractivity contribution in [2.75, 3.05) is 9.80 Å². The second-order valence-electron chi connectivity index (χ2n) is 32.6. The molecular formula is C103H81BN6. The van der Waals surface area contributed by atoms with Crippen molar-refractivity contribution in [1.29, 1.82) is 5.26 Å². The summed E-state index contributed by atoms with van der Waals surface area (Å²) in [6.45, 7) is 19.7. The lowest BCUT2D eigenvalue weighted by Crippen LogP contribution is -2.61. The van der Waals surface area contributed by atoms with Crippen LogP contribution in [0.3, 0.4) is 0 Å². The Labute approximate surface area is 654 Å². The first-order valence-electron chi connectivity index (χ1n) is 41.9. The number of nitriles is 1. The standard InChI is InChI=1S/C103H81BN6/c1-101(2,3)69-48-54-93-82(58-69)83-59-70(102(4,5)6)49-55-94(83)107(93)72-50-52-85-95(62-72)109(92-47-29-46-91(84(92)64-105)108-89-44-27-23-40-78(89)79-41-24-28-45-90(79)108)97-56-68(75-37-20-19-36-74(75)65-30-13-10-14-31-65)57-98-99(97)104(85)86-53-51-73(106-87-42-25-21-38-76(87)77-39-22-26-43-88(77)106)63-96(86)110(98)100-80(66-32-15-11-16-33-66)60-71(103(7,8)9)61-81(100)67-34-17-12-18-35-67/h10-63H,1-9H3/i21D,22D,25D,26D,38D,39D,42D,43D. The molecule has 5 heterocycles. The molecule has 0 N–H and O–H groups in total. The Morgan fingerprint density at radius 2 is 0.718 bits per heavy atom. The molecule has 2 aliphatic rings. The highest BCUT2D eigenvalue weighted by molar-refractivity contribution is 7.00. The molecule has 0 saturated carbocycles. The van der Waals surface area contributed by atoms with Crippen molar-refractivity contribution in [2.24, 2.45) is 0 Å². The van der Waals surface area contributed by atoms with E-state index in [1.165, 1.54) is 11.1 Å². The highest BCUT2D eigenvalue weighted by Crippen LogP contribution is 2.55. The lowest BCUT2D eigenvalue weighted by molar-refractivity contribution is 0.590. The van der Waals surface area contributed by atoms with Gasteiger partial charge in [0.15, 0.2) is 0 Å². The lowest BCUT2D eigenvalue weighted by atomic mass is 9.33. The average molecular weight is 1420 g/mol. The molecule has 0 fully saturated rings. The van der Waals surface area contributed by atoms with E-state index in [0.29, 0.717) is 28.3 Å². The van der Waals surface area contributed by atoms with Gasteiger partial charge in [-0.15, -0.1) is 0 Å². The van der Waals surface area contributed by atoms with Crippen molar-refractivity contribution in [1.82, 2.24) is 13.7 Å². The minimum Gasteiger partial charge on any atom is -0.310 e. The van der Waals surface area contributed by atoms with Crippen LogP contribution in [0.4, 0.5) is 34.1 Å². The van der Waals surface area contributed by atoms with E-state index >= 15 is 0 Å². The molecule has 526 valence electrons. The second kappa shape index (κ2) is 25.0. The first kappa shape index (κ1) is 58.0. The highest BCUT2D eigenvalue weighted by atomic mass is 15.2. The summed E-state index contributed by atoms with van der Waals surface area (Å²) >= 11 is 0. The quantitative estimate of drug-likeness (QED) is 0.135. The summed E-state index contributed by atoms with van der Waals surface area (Å²) in [4.78, 5) is 4.78. The summed E-state index contributed by atoms with van der Waals surface area (Å²) in [5.41, 5.74) is 24.2. The monoisotopic (exact) mass is 1420 g/mol. The molecule has 0 amide bonds. The van der Waals surface area contributed by atoms with Crippen LogP contribution in [0.1, 0.15) is 95.5 Å². The molecule has 15 aromatic carbocycles. The molecule has 6 nitrogen and oxygen atoms in total. The molecule has 18 aromatic rings. The first-order valence-corrected chi connectivity index (χ1v) is 37.9. The Morgan fingerprint density at radius 3 is 1.22 bits per heavy atom. The van der Waals surface area contributed by atoms with E-state index in [1.54, 1.807) is 4.57 Å². The summed E-state index contributed by atoms with van der Waals surface area (Å²) in [6, 6.07) is 98.7. The highest BCUT2D eigenvalue weighted by Gasteiger charge is 2.46. The van der Waals surface area contributed by atoms with Gasteiger partial charge in [-0.05, 0) is 192 Å². The second-order valence-corrected chi connectivity index (χ2v) is 32.6. The molecule has 3 aromatic heterocycles. The molecule has 110 heavy (non-hydrogen) atoms. The van der Waals surface area contributed by atoms with E-state index in [-0.39, 0.29) is 38.1 Å². The zero-order valence-corrected chi connectivity index (χ0v) is 62.8. The van der Waals surface area contributed by atoms with E-state index in [4.69, 9.17) is 2.74 Å². The predicted molar refractivity (Wildman–Crippen MR) is 466 cm³/mol. The topological polar surface area (TPSA) is 45.1 Å². The van der Waals surface area contributed by atoms with E-state index in [0.717, 1.165) is 139 Å². The zero-order valence-electron chi connectivity index (χ0n) is 70.8. The van der Waals surface area contributed by atoms with Gasteiger partial charge >= 0.3 is 0 Å². The summed E-state index contributed by atoms with van der Waals surface area (Å²) in [6.07, 6.45) is 0. The number of nitrogens with zero attached hydrogens (tertiary/aromatic N) is 6. The first-order chi connectivity index (χ1) is 56.8. The Bertz CT molecular complexity index is 7120. The van der Waals surface area contributed by atoms with Crippen LogP contribution in [-0.2, 0) is 16.2 Å². The fourth-order valence-corrected chi connectivity index (χ4v) is 17.6. The predicted octanol–water partition coefficient (Wildman–Crippen LogP) is 25.5. The molecule has 0 atom stereocenters. The van der Waals surface area contributed by atoms with E-state index in [9.17, 15) is 13.5 Å². The maximum atomic E-state index is 12.7. The van der Waals surface area contributed by atoms with Gasteiger partial charge in [0.05, 0.1) is 61.1 Å². The number of hydrogen-bond acceptors (Lipinski definition) is 3. The summed E-state index contributed by atoms with van der Waals surface area (Å²) in [5.74, 6) is 0.